The van der Waals surface area contributed by atoms with Gasteiger partial charge in [-0.3, -0.25) is 9.59 Å². The minimum Gasteiger partial charge on any atom is -0.456 e. The molecular formula is C45H60N2O15. The number of benzene rings is 1. The fraction of sp³-hybridized carbons (Fsp3) is 0.600. The normalized spacial score (nSPS) is 32.0. The van der Waals surface area contributed by atoms with E-state index in [0.29, 0.717) is 5.57 Å². The van der Waals surface area contributed by atoms with Crippen molar-refractivity contribution in [3.63, 3.8) is 0 Å². The highest BCUT2D eigenvalue weighted by Crippen LogP contribution is 2.64. The molecule has 17 nitrogen and oxygen atoms in total. The predicted molar refractivity (Wildman–Crippen MR) is 220 cm³/mol. The minimum atomic E-state index is -2.42. The molecule has 17 heteroatoms. The number of allylic oxidation sites excluding steroid dienone is 1. The van der Waals surface area contributed by atoms with Crippen LogP contribution < -0.4 is 10.6 Å². The van der Waals surface area contributed by atoms with Gasteiger partial charge < -0.3 is 54.4 Å². The molecule has 2 amide bonds. The van der Waals surface area contributed by atoms with Gasteiger partial charge in [-0.1, -0.05) is 49.8 Å². The van der Waals surface area contributed by atoms with Gasteiger partial charge in [0, 0.05) is 31.7 Å². The highest BCUT2D eigenvalue weighted by Gasteiger charge is 2.78. The summed E-state index contributed by atoms with van der Waals surface area (Å²) < 4.78 is 35.7. The largest absolute Gasteiger partial charge is 0.456 e. The number of esters is 3. The Kier molecular flexibility index (Phi) is 13.6. The number of nitrogens with one attached hydrogen (secondary N) is 2. The summed E-state index contributed by atoms with van der Waals surface area (Å²) in [5.41, 5.74) is -8.20. The average Bonchev–Trinajstić information content (AvgIpc) is 3.16. The highest BCUT2D eigenvalue weighted by molar-refractivity contribution is 5.95. The van der Waals surface area contributed by atoms with Crippen LogP contribution in [0.15, 0.2) is 65.8 Å². The van der Waals surface area contributed by atoms with E-state index in [-0.39, 0.29) is 36.3 Å². The van der Waals surface area contributed by atoms with E-state index < -0.39 is 119 Å². The van der Waals surface area contributed by atoms with Crippen molar-refractivity contribution in [2.24, 2.45) is 16.7 Å². The molecule has 0 unspecified atom stereocenters. The summed E-state index contributed by atoms with van der Waals surface area (Å²) in [5, 5.41) is 42.3. The Hall–Kier alpha value is -5.10. The molecular weight excluding hydrogens is 808 g/mol. The monoisotopic (exact) mass is 868 g/mol. The van der Waals surface area contributed by atoms with E-state index in [4.69, 9.17) is 28.4 Å². The van der Waals surface area contributed by atoms with Crippen LogP contribution in [0.1, 0.15) is 92.4 Å². The van der Waals surface area contributed by atoms with Gasteiger partial charge in [0.15, 0.2) is 23.6 Å². The fourth-order valence-electron chi connectivity index (χ4n) is 9.53. The molecule has 3 aliphatic carbocycles. The van der Waals surface area contributed by atoms with Crippen molar-refractivity contribution in [3.05, 3.63) is 71.3 Å². The number of aliphatic hydroxyl groups excluding tert-OH is 2. The van der Waals surface area contributed by atoms with E-state index in [9.17, 15) is 39.3 Å². The van der Waals surface area contributed by atoms with Gasteiger partial charge >= 0.3 is 30.1 Å². The fourth-order valence-corrected chi connectivity index (χ4v) is 9.53. The Bertz CT molecular complexity index is 2020. The molecule has 4 aliphatic rings. The first-order valence-corrected chi connectivity index (χ1v) is 20.6. The number of fused-ring (bicyclic) bond motifs is 5. The zero-order valence-corrected chi connectivity index (χ0v) is 36.9. The molecule has 2 saturated carbocycles. The zero-order valence-electron chi connectivity index (χ0n) is 36.9. The number of amides is 2. The lowest BCUT2D eigenvalue weighted by atomic mass is 9.44. The molecule has 5 rings (SSSR count). The van der Waals surface area contributed by atoms with Crippen LogP contribution in [0.4, 0.5) is 9.59 Å². The van der Waals surface area contributed by atoms with Crippen molar-refractivity contribution in [1.82, 2.24) is 10.6 Å². The van der Waals surface area contributed by atoms with Crippen LogP contribution in [-0.2, 0) is 42.8 Å². The van der Waals surface area contributed by atoms with Crippen molar-refractivity contribution in [3.8, 4) is 0 Å². The summed E-state index contributed by atoms with van der Waals surface area (Å²) in [4.78, 5) is 83.4. The number of ketones is 1. The molecule has 62 heavy (non-hydrogen) atoms. The lowest BCUT2D eigenvalue weighted by molar-refractivity contribution is -0.345. The van der Waals surface area contributed by atoms with E-state index in [0.717, 1.165) is 6.92 Å². The molecule has 0 spiro atoms. The van der Waals surface area contributed by atoms with Crippen LogP contribution in [-0.4, -0.2) is 124 Å². The summed E-state index contributed by atoms with van der Waals surface area (Å²) in [7, 11) is 0. The number of ether oxygens (including phenoxy) is 6. The SMILES string of the molecule is C=CCNC(=O)O[C@H]1C(=O)[C@@]2(C)[C@H]([C@H](OC(=O)c3ccccc3)[C@]3(O)C[C@H](OC(=O)[C@H](O)[C@H](C=C(C)C)NC(=O)OC(C)(C)C)C(C)=C1C3(C)C)[C@]1(OC(C)=O)CO[C@@H]1C[C@@H]2O. The quantitative estimate of drug-likeness (QED) is 0.121. The maximum atomic E-state index is 15.6. The molecule has 1 saturated heterocycles. The van der Waals surface area contributed by atoms with Crippen molar-refractivity contribution >= 4 is 35.9 Å². The molecule has 1 heterocycles. The highest BCUT2D eigenvalue weighted by atomic mass is 16.6. The van der Waals surface area contributed by atoms with Gasteiger partial charge in [0.2, 0.25) is 0 Å². The van der Waals surface area contributed by atoms with Crippen molar-refractivity contribution in [2.75, 3.05) is 13.2 Å². The third-order valence-corrected chi connectivity index (χ3v) is 12.6. The van der Waals surface area contributed by atoms with Gasteiger partial charge in [-0.05, 0) is 71.7 Å². The summed E-state index contributed by atoms with van der Waals surface area (Å²) in [5.74, 6) is -5.50. The van der Waals surface area contributed by atoms with E-state index in [2.05, 4.69) is 17.2 Å². The molecule has 0 radical (unpaired) electrons. The topological polar surface area (TPSA) is 243 Å². The van der Waals surface area contributed by atoms with Gasteiger partial charge in [-0.2, -0.15) is 0 Å². The second-order valence-corrected chi connectivity index (χ2v) is 18.5. The molecule has 1 aromatic carbocycles. The Morgan fingerprint density at radius 2 is 1.66 bits per heavy atom. The molecule has 11 atom stereocenters. The number of aliphatic hydroxyl groups is 3. The van der Waals surface area contributed by atoms with Gasteiger partial charge in [0.25, 0.3) is 0 Å². The number of rotatable bonds is 11. The van der Waals surface area contributed by atoms with E-state index in [1.54, 1.807) is 52.8 Å². The van der Waals surface area contributed by atoms with E-state index >= 15 is 4.79 Å². The molecule has 3 fully saturated rings. The van der Waals surface area contributed by atoms with Gasteiger partial charge in [0.1, 0.15) is 29.5 Å². The van der Waals surface area contributed by atoms with Crippen molar-refractivity contribution < 1.29 is 72.5 Å². The number of hydrogen-bond acceptors (Lipinski definition) is 15. The van der Waals surface area contributed by atoms with Crippen LogP contribution in [0.2, 0.25) is 0 Å². The molecule has 0 aromatic heterocycles. The molecule has 2 bridgehead atoms. The van der Waals surface area contributed by atoms with Crippen molar-refractivity contribution in [1.29, 1.82) is 0 Å². The maximum absolute atomic E-state index is 15.6. The maximum Gasteiger partial charge on any atom is 0.408 e. The molecule has 1 aromatic rings. The molecule has 340 valence electrons. The summed E-state index contributed by atoms with van der Waals surface area (Å²) >= 11 is 0. The van der Waals surface area contributed by atoms with Gasteiger partial charge in [0.05, 0.1) is 35.6 Å². The van der Waals surface area contributed by atoms with E-state index in [1.165, 1.54) is 52.0 Å². The van der Waals surface area contributed by atoms with Gasteiger partial charge in [-0.15, -0.1) is 6.58 Å². The lowest BCUT2D eigenvalue weighted by Crippen LogP contribution is -2.82. The lowest BCUT2D eigenvalue weighted by Gasteiger charge is -2.67. The van der Waals surface area contributed by atoms with Crippen LogP contribution in [0.3, 0.4) is 0 Å². The summed E-state index contributed by atoms with van der Waals surface area (Å²) in [6.45, 7) is 18.6. The second-order valence-electron chi connectivity index (χ2n) is 18.5. The second kappa shape index (κ2) is 17.6. The molecule has 5 N–H and O–H groups in total. The summed E-state index contributed by atoms with van der Waals surface area (Å²) in [6.07, 6.45) is -9.98. The first-order chi connectivity index (χ1) is 28.7. The number of Topliss-reactive ketones (excluding diaryl/α,β-unsaturated/α-hetero) is 1. The number of carbonyl (C=O) groups is 6. The molecule has 1 aliphatic heterocycles. The smallest absolute Gasteiger partial charge is 0.408 e. The van der Waals surface area contributed by atoms with Crippen LogP contribution >= 0.6 is 0 Å². The predicted octanol–water partition coefficient (Wildman–Crippen LogP) is 3.77. The minimum absolute atomic E-state index is 0.0498. The third-order valence-electron chi connectivity index (χ3n) is 12.6. The van der Waals surface area contributed by atoms with Gasteiger partial charge in [-0.25, -0.2) is 19.2 Å². The van der Waals surface area contributed by atoms with Crippen LogP contribution in [0.25, 0.3) is 0 Å². The third kappa shape index (κ3) is 8.76. The Labute approximate surface area is 361 Å². The van der Waals surface area contributed by atoms with Crippen molar-refractivity contribution in [2.45, 2.75) is 142 Å². The first-order valence-electron chi connectivity index (χ1n) is 20.6. The summed E-state index contributed by atoms with van der Waals surface area (Å²) in [6, 6.07) is 6.44. The number of alkyl carbamates (subject to hydrolysis) is 2. The standard InChI is InChI=1S/C45H60N2O15/c1-12-18-46-39(54)59-33-31-24(4)28(58-38(53)32(50)27(19-23(2)3)47-40(55)62-41(6,7)8)21-45(56,42(31,9)10)36(60-37(52)26-16-14-13-15-17-26)34-43(11,35(33)51)29(49)20-30-44(34,22-57-30)61-25(5)48/h12-17,19,27-30,32-34,36,49-50,56H,1,18,20-22H2,2-11H3,(H,46,54)(H,47,55)/t27-,28-,29-,30+,32+,33+,34-,36-,43+,44-,45+/m0/s1. The number of hydrogen-bond donors (Lipinski definition) is 5. The Morgan fingerprint density at radius 1 is 1.02 bits per heavy atom. The average molecular weight is 869 g/mol. The Balaban J connectivity index is 1.75. The zero-order chi connectivity index (χ0) is 46.3. The first kappa shape index (κ1) is 47.9. The van der Waals surface area contributed by atoms with E-state index in [1.807, 2.05) is 0 Å². The Morgan fingerprint density at radius 3 is 2.21 bits per heavy atom. The van der Waals surface area contributed by atoms with Crippen LogP contribution in [0.5, 0.6) is 0 Å². The number of carbonyl (C=O) groups excluding carboxylic acids is 6. The van der Waals surface area contributed by atoms with Crippen LogP contribution in [0, 0.1) is 16.7 Å².